The molecule has 0 saturated carbocycles. The van der Waals surface area contributed by atoms with Crippen LogP contribution in [0.15, 0.2) is 24.3 Å². The SMILES string of the molecule is COc1ccc(C)cc1NC(=O)NCc1c2c(cc3c1OCC3)OCC2. The number of hydrogen-bond donors (Lipinski definition) is 2. The summed E-state index contributed by atoms with van der Waals surface area (Å²) in [6.07, 6.45) is 1.72. The molecule has 2 aliphatic heterocycles. The number of urea groups is 1. The van der Waals surface area contributed by atoms with Crippen LogP contribution in [0.25, 0.3) is 0 Å². The molecule has 0 atom stereocenters. The summed E-state index contributed by atoms with van der Waals surface area (Å²) in [5, 5.41) is 5.80. The van der Waals surface area contributed by atoms with Crippen molar-refractivity contribution in [2.45, 2.75) is 26.3 Å². The summed E-state index contributed by atoms with van der Waals surface area (Å²) < 4.78 is 16.8. The van der Waals surface area contributed by atoms with Crippen LogP contribution in [0.5, 0.6) is 17.2 Å². The predicted octanol–water partition coefficient (Wildman–Crippen LogP) is 3.20. The number of aryl methyl sites for hydroxylation is 1. The zero-order valence-electron chi connectivity index (χ0n) is 15.0. The Labute approximate surface area is 152 Å². The molecule has 0 aliphatic carbocycles. The van der Waals surface area contributed by atoms with Crippen LogP contribution in [0.4, 0.5) is 10.5 Å². The maximum atomic E-state index is 12.4. The highest BCUT2D eigenvalue weighted by atomic mass is 16.5. The Morgan fingerprint density at radius 2 is 2.04 bits per heavy atom. The molecular weight excluding hydrogens is 332 g/mol. The van der Waals surface area contributed by atoms with Crippen molar-refractivity contribution >= 4 is 11.7 Å². The van der Waals surface area contributed by atoms with E-state index in [9.17, 15) is 4.79 Å². The van der Waals surface area contributed by atoms with E-state index in [1.807, 2.05) is 25.1 Å². The fourth-order valence-electron chi connectivity index (χ4n) is 3.53. The molecule has 2 aliphatic rings. The third-order valence-corrected chi connectivity index (χ3v) is 4.79. The number of fused-ring (bicyclic) bond motifs is 2. The molecule has 0 radical (unpaired) electrons. The average Bonchev–Trinajstić information content (AvgIpc) is 3.27. The van der Waals surface area contributed by atoms with Crippen LogP contribution < -0.4 is 24.8 Å². The molecule has 0 spiro atoms. The van der Waals surface area contributed by atoms with Gasteiger partial charge in [0.15, 0.2) is 0 Å². The minimum absolute atomic E-state index is 0.280. The number of nitrogens with one attached hydrogen (secondary N) is 2. The van der Waals surface area contributed by atoms with Gasteiger partial charge in [-0.15, -0.1) is 0 Å². The van der Waals surface area contributed by atoms with Crippen molar-refractivity contribution < 1.29 is 19.0 Å². The summed E-state index contributed by atoms with van der Waals surface area (Å²) in [4.78, 5) is 12.4. The first kappa shape index (κ1) is 16.6. The van der Waals surface area contributed by atoms with Crippen LogP contribution in [0.3, 0.4) is 0 Å². The highest BCUT2D eigenvalue weighted by Gasteiger charge is 2.26. The number of ether oxygens (including phenoxy) is 3. The fourth-order valence-corrected chi connectivity index (χ4v) is 3.53. The number of hydrogen-bond acceptors (Lipinski definition) is 4. The molecule has 0 fully saturated rings. The molecule has 0 aromatic heterocycles. The van der Waals surface area contributed by atoms with Crippen LogP contribution in [-0.4, -0.2) is 26.4 Å². The number of methoxy groups -OCH3 is 1. The van der Waals surface area contributed by atoms with E-state index in [2.05, 4.69) is 16.7 Å². The average molecular weight is 354 g/mol. The zero-order valence-corrected chi connectivity index (χ0v) is 15.0. The van der Waals surface area contributed by atoms with Crippen LogP contribution in [0.1, 0.15) is 22.3 Å². The van der Waals surface area contributed by atoms with Gasteiger partial charge >= 0.3 is 6.03 Å². The molecule has 26 heavy (non-hydrogen) atoms. The van der Waals surface area contributed by atoms with E-state index in [0.717, 1.165) is 46.6 Å². The summed E-state index contributed by atoms with van der Waals surface area (Å²) in [5.74, 6) is 2.46. The Bertz CT molecular complexity index is 831. The second kappa shape index (κ2) is 6.78. The van der Waals surface area contributed by atoms with Gasteiger partial charge in [0, 0.05) is 36.1 Å². The Kier molecular flexibility index (Phi) is 4.32. The topological polar surface area (TPSA) is 68.8 Å². The van der Waals surface area contributed by atoms with Crippen molar-refractivity contribution in [1.82, 2.24) is 5.32 Å². The largest absolute Gasteiger partial charge is 0.495 e. The molecule has 0 saturated heterocycles. The minimum atomic E-state index is -0.280. The normalized spacial score (nSPS) is 14.1. The summed E-state index contributed by atoms with van der Waals surface area (Å²) in [6, 6.07) is 7.46. The lowest BCUT2D eigenvalue weighted by atomic mass is 9.99. The molecule has 2 amide bonds. The van der Waals surface area contributed by atoms with Gasteiger partial charge in [0.25, 0.3) is 0 Å². The molecule has 6 nitrogen and oxygen atoms in total. The molecule has 2 aromatic rings. The van der Waals surface area contributed by atoms with Crippen LogP contribution in [0.2, 0.25) is 0 Å². The van der Waals surface area contributed by atoms with Crippen LogP contribution >= 0.6 is 0 Å². The highest BCUT2D eigenvalue weighted by Crippen LogP contribution is 2.40. The lowest BCUT2D eigenvalue weighted by molar-refractivity contribution is 0.251. The Balaban J connectivity index is 1.50. The third-order valence-electron chi connectivity index (χ3n) is 4.79. The van der Waals surface area contributed by atoms with Crippen molar-refractivity contribution in [2.24, 2.45) is 0 Å². The Morgan fingerprint density at radius 3 is 2.88 bits per heavy atom. The Morgan fingerprint density at radius 1 is 1.19 bits per heavy atom. The van der Waals surface area contributed by atoms with Gasteiger partial charge in [-0.25, -0.2) is 4.79 Å². The van der Waals surface area contributed by atoms with Crippen LogP contribution in [0, 0.1) is 6.92 Å². The van der Waals surface area contributed by atoms with E-state index in [0.29, 0.717) is 31.2 Å². The van der Waals surface area contributed by atoms with Gasteiger partial charge in [-0.1, -0.05) is 6.07 Å². The molecule has 2 aromatic carbocycles. The highest BCUT2D eigenvalue weighted by molar-refractivity contribution is 5.91. The van der Waals surface area contributed by atoms with E-state index in [1.54, 1.807) is 7.11 Å². The predicted molar refractivity (Wildman–Crippen MR) is 98.4 cm³/mol. The van der Waals surface area contributed by atoms with Gasteiger partial charge in [-0.3, -0.25) is 0 Å². The monoisotopic (exact) mass is 354 g/mol. The van der Waals surface area contributed by atoms with Gasteiger partial charge < -0.3 is 24.8 Å². The first-order valence-electron chi connectivity index (χ1n) is 8.78. The van der Waals surface area contributed by atoms with Crippen LogP contribution in [-0.2, 0) is 19.4 Å². The first-order valence-corrected chi connectivity index (χ1v) is 8.78. The number of carbonyl (C=O) groups is 1. The zero-order chi connectivity index (χ0) is 18.1. The van der Waals surface area contributed by atoms with E-state index >= 15 is 0 Å². The molecule has 2 N–H and O–H groups in total. The maximum Gasteiger partial charge on any atom is 0.319 e. The summed E-state index contributed by atoms with van der Waals surface area (Å²) >= 11 is 0. The number of benzene rings is 2. The van der Waals surface area contributed by atoms with Crippen molar-refractivity contribution in [3.05, 3.63) is 46.5 Å². The summed E-state index contributed by atoms with van der Waals surface area (Å²) in [6.45, 7) is 3.72. The van der Waals surface area contributed by atoms with Crippen molar-refractivity contribution in [3.63, 3.8) is 0 Å². The van der Waals surface area contributed by atoms with Gasteiger partial charge in [-0.2, -0.15) is 0 Å². The number of anilines is 1. The molecule has 136 valence electrons. The molecular formula is C20H22N2O4. The van der Waals surface area contributed by atoms with E-state index in [4.69, 9.17) is 14.2 Å². The smallest absolute Gasteiger partial charge is 0.319 e. The van der Waals surface area contributed by atoms with Gasteiger partial charge in [0.1, 0.15) is 17.2 Å². The molecule has 0 unspecified atom stereocenters. The minimum Gasteiger partial charge on any atom is -0.495 e. The third kappa shape index (κ3) is 3.03. The van der Waals surface area contributed by atoms with Gasteiger partial charge in [-0.05, 0) is 30.7 Å². The number of rotatable bonds is 4. The second-order valence-electron chi connectivity index (χ2n) is 6.53. The van der Waals surface area contributed by atoms with Gasteiger partial charge in [0.2, 0.25) is 0 Å². The van der Waals surface area contributed by atoms with Crippen molar-refractivity contribution in [2.75, 3.05) is 25.6 Å². The first-order chi connectivity index (χ1) is 12.7. The van der Waals surface area contributed by atoms with E-state index in [1.165, 1.54) is 0 Å². The second-order valence-corrected chi connectivity index (χ2v) is 6.53. The van der Waals surface area contributed by atoms with E-state index in [-0.39, 0.29) is 6.03 Å². The van der Waals surface area contributed by atoms with Crippen molar-refractivity contribution in [3.8, 4) is 17.2 Å². The maximum absolute atomic E-state index is 12.4. The lowest BCUT2D eigenvalue weighted by Crippen LogP contribution is -2.29. The standard InChI is InChI=1S/C20H22N2O4/c1-12-3-4-17(24-2)16(9-12)22-20(23)21-11-15-14-6-8-25-18(14)10-13-5-7-26-19(13)15/h3-4,9-10H,5-8,11H2,1-2H3,(H2,21,22,23). The molecule has 6 heteroatoms. The lowest BCUT2D eigenvalue weighted by Gasteiger charge is -2.15. The molecule has 4 rings (SSSR count). The Hall–Kier alpha value is -2.89. The molecule has 2 heterocycles. The van der Waals surface area contributed by atoms with Crippen molar-refractivity contribution in [1.29, 1.82) is 0 Å². The van der Waals surface area contributed by atoms with E-state index < -0.39 is 0 Å². The number of carbonyl (C=O) groups excluding carboxylic acids is 1. The number of amides is 2. The fraction of sp³-hybridized carbons (Fsp3) is 0.350. The molecule has 0 bridgehead atoms. The summed E-state index contributed by atoms with van der Waals surface area (Å²) in [5.41, 5.74) is 5.01. The quantitative estimate of drug-likeness (QED) is 0.885. The summed E-state index contributed by atoms with van der Waals surface area (Å²) in [7, 11) is 1.58. The van der Waals surface area contributed by atoms with Gasteiger partial charge in [0.05, 0.1) is 26.0 Å².